The molecule has 1 aliphatic rings. The molecule has 1 amide bonds. The molecule has 2 aromatic carbocycles. The van der Waals surface area contributed by atoms with E-state index in [4.69, 9.17) is 9.47 Å². The predicted octanol–water partition coefficient (Wildman–Crippen LogP) is 3.66. The van der Waals surface area contributed by atoms with Crippen molar-refractivity contribution in [2.24, 2.45) is 0 Å². The fourth-order valence-electron chi connectivity index (χ4n) is 2.58. The smallest absolute Gasteiger partial charge is 0.262 e. The topological polar surface area (TPSA) is 59.6 Å². The van der Waals surface area contributed by atoms with E-state index in [0.29, 0.717) is 24.1 Å². The molecule has 1 saturated carbocycles. The molecule has 0 spiro atoms. The Morgan fingerprint density at radius 1 is 1.08 bits per heavy atom. The summed E-state index contributed by atoms with van der Waals surface area (Å²) < 4.78 is 11.4. The molecule has 0 radical (unpaired) electrons. The largest absolute Gasteiger partial charge is 0.490 e. The molecule has 2 N–H and O–H groups in total. The van der Waals surface area contributed by atoms with Crippen LogP contribution in [-0.2, 0) is 11.3 Å². The fraction of sp³-hybridized carbons (Fsp3) is 0.381. The second-order valence-corrected chi connectivity index (χ2v) is 6.57. The van der Waals surface area contributed by atoms with E-state index in [-0.39, 0.29) is 12.5 Å². The third-order valence-electron chi connectivity index (χ3n) is 4.17. The summed E-state index contributed by atoms with van der Waals surface area (Å²) in [6.07, 6.45) is 2.52. The number of rotatable bonds is 9. The van der Waals surface area contributed by atoms with Gasteiger partial charge in [-0.3, -0.25) is 4.79 Å². The number of carbonyl (C=O) groups is 1. The van der Waals surface area contributed by atoms with Crippen LogP contribution in [0.5, 0.6) is 11.5 Å². The van der Waals surface area contributed by atoms with Gasteiger partial charge >= 0.3 is 0 Å². The van der Waals surface area contributed by atoms with Crippen molar-refractivity contribution < 1.29 is 14.3 Å². The summed E-state index contributed by atoms with van der Waals surface area (Å²) in [5.74, 6) is 1.06. The zero-order valence-corrected chi connectivity index (χ0v) is 15.4. The Kier molecular flexibility index (Phi) is 6.12. The summed E-state index contributed by atoms with van der Waals surface area (Å²) in [5.41, 5.74) is 3.06. The van der Waals surface area contributed by atoms with Gasteiger partial charge in [-0.1, -0.05) is 23.8 Å². The van der Waals surface area contributed by atoms with Gasteiger partial charge in [-0.05, 0) is 56.5 Å². The van der Waals surface area contributed by atoms with Crippen molar-refractivity contribution in [2.75, 3.05) is 18.5 Å². The van der Waals surface area contributed by atoms with Crippen LogP contribution in [0.2, 0.25) is 0 Å². The van der Waals surface area contributed by atoms with Crippen molar-refractivity contribution in [3.8, 4) is 11.5 Å². The standard InChI is InChI=1S/C21H26N2O3/c1-3-25-20-12-16(13-22-17-9-10-17)6-11-19(20)26-14-21(24)23-18-7-4-15(2)5-8-18/h4-8,11-12,17,22H,3,9-10,13-14H2,1-2H3,(H,23,24). The van der Waals surface area contributed by atoms with Crippen molar-refractivity contribution in [3.63, 3.8) is 0 Å². The van der Waals surface area contributed by atoms with E-state index in [1.165, 1.54) is 12.8 Å². The van der Waals surface area contributed by atoms with E-state index >= 15 is 0 Å². The van der Waals surface area contributed by atoms with Crippen LogP contribution in [0.3, 0.4) is 0 Å². The SMILES string of the molecule is CCOc1cc(CNC2CC2)ccc1OCC(=O)Nc1ccc(C)cc1. The van der Waals surface area contributed by atoms with Crippen LogP contribution in [0, 0.1) is 6.92 Å². The second-order valence-electron chi connectivity index (χ2n) is 6.57. The van der Waals surface area contributed by atoms with Crippen LogP contribution in [0.4, 0.5) is 5.69 Å². The van der Waals surface area contributed by atoms with Crippen molar-refractivity contribution in [1.29, 1.82) is 0 Å². The van der Waals surface area contributed by atoms with Gasteiger partial charge in [-0.15, -0.1) is 0 Å². The third kappa shape index (κ3) is 5.49. The lowest BCUT2D eigenvalue weighted by Gasteiger charge is -2.14. The van der Waals surface area contributed by atoms with Crippen molar-refractivity contribution in [3.05, 3.63) is 53.6 Å². The molecule has 0 bridgehead atoms. The van der Waals surface area contributed by atoms with E-state index in [1.54, 1.807) is 0 Å². The summed E-state index contributed by atoms with van der Waals surface area (Å²) in [7, 11) is 0. The molecule has 0 atom stereocenters. The number of aryl methyl sites for hydroxylation is 1. The molecule has 1 fully saturated rings. The number of hydrogen-bond acceptors (Lipinski definition) is 4. The molecule has 5 nitrogen and oxygen atoms in total. The van der Waals surface area contributed by atoms with Gasteiger partial charge in [0.05, 0.1) is 6.61 Å². The molecule has 3 rings (SSSR count). The number of benzene rings is 2. The van der Waals surface area contributed by atoms with Crippen molar-refractivity contribution >= 4 is 11.6 Å². The normalized spacial score (nSPS) is 13.3. The highest BCUT2D eigenvalue weighted by molar-refractivity contribution is 5.91. The predicted molar refractivity (Wildman–Crippen MR) is 103 cm³/mol. The minimum absolute atomic E-state index is 0.0619. The van der Waals surface area contributed by atoms with Gasteiger partial charge in [0.15, 0.2) is 18.1 Å². The van der Waals surface area contributed by atoms with E-state index in [9.17, 15) is 4.79 Å². The van der Waals surface area contributed by atoms with Crippen LogP contribution in [0.1, 0.15) is 30.9 Å². The lowest BCUT2D eigenvalue weighted by atomic mass is 10.2. The first-order valence-electron chi connectivity index (χ1n) is 9.12. The van der Waals surface area contributed by atoms with Crippen LogP contribution in [-0.4, -0.2) is 25.2 Å². The van der Waals surface area contributed by atoms with Gasteiger partial charge in [0, 0.05) is 18.3 Å². The highest BCUT2D eigenvalue weighted by Crippen LogP contribution is 2.29. The molecule has 26 heavy (non-hydrogen) atoms. The minimum atomic E-state index is -0.198. The zero-order valence-electron chi connectivity index (χ0n) is 15.4. The Labute approximate surface area is 154 Å². The molecule has 138 valence electrons. The number of carbonyl (C=O) groups excluding carboxylic acids is 1. The third-order valence-corrected chi connectivity index (χ3v) is 4.17. The van der Waals surface area contributed by atoms with Crippen LogP contribution < -0.4 is 20.1 Å². The van der Waals surface area contributed by atoms with E-state index < -0.39 is 0 Å². The highest BCUT2D eigenvalue weighted by atomic mass is 16.5. The van der Waals surface area contributed by atoms with Gasteiger partial charge in [0.25, 0.3) is 5.91 Å². The van der Waals surface area contributed by atoms with E-state index in [2.05, 4.69) is 10.6 Å². The van der Waals surface area contributed by atoms with Gasteiger partial charge in [-0.2, -0.15) is 0 Å². The van der Waals surface area contributed by atoms with Gasteiger partial charge in [0.1, 0.15) is 0 Å². The van der Waals surface area contributed by atoms with Crippen LogP contribution in [0.15, 0.2) is 42.5 Å². The molecule has 2 aromatic rings. The van der Waals surface area contributed by atoms with E-state index in [1.807, 2.05) is 56.3 Å². The molecule has 0 saturated heterocycles. The second kappa shape index (κ2) is 8.72. The number of ether oxygens (including phenoxy) is 2. The first-order valence-corrected chi connectivity index (χ1v) is 9.12. The molecule has 0 heterocycles. The lowest BCUT2D eigenvalue weighted by molar-refractivity contribution is -0.118. The Morgan fingerprint density at radius 3 is 2.54 bits per heavy atom. The van der Waals surface area contributed by atoms with Gasteiger partial charge < -0.3 is 20.1 Å². The highest BCUT2D eigenvalue weighted by Gasteiger charge is 2.20. The maximum absolute atomic E-state index is 12.1. The molecule has 0 aliphatic heterocycles. The Morgan fingerprint density at radius 2 is 1.85 bits per heavy atom. The maximum atomic E-state index is 12.1. The number of anilines is 1. The quantitative estimate of drug-likeness (QED) is 0.721. The van der Waals surface area contributed by atoms with Gasteiger partial charge in [-0.25, -0.2) is 0 Å². The molecular formula is C21H26N2O3. The molecule has 0 unspecified atom stereocenters. The minimum Gasteiger partial charge on any atom is -0.490 e. The monoisotopic (exact) mass is 354 g/mol. The summed E-state index contributed by atoms with van der Waals surface area (Å²) in [4.78, 5) is 12.1. The summed E-state index contributed by atoms with van der Waals surface area (Å²) in [6, 6.07) is 14.2. The van der Waals surface area contributed by atoms with Crippen LogP contribution >= 0.6 is 0 Å². The summed E-state index contributed by atoms with van der Waals surface area (Å²) in [6.45, 7) is 5.24. The maximum Gasteiger partial charge on any atom is 0.262 e. The average molecular weight is 354 g/mol. The summed E-state index contributed by atoms with van der Waals surface area (Å²) in [5, 5.41) is 6.31. The fourth-order valence-corrected chi connectivity index (χ4v) is 2.58. The molecule has 5 heteroatoms. The summed E-state index contributed by atoms with van der Waals surface area (Å²) >= 11 is 0. The van der Waals surface area contributed by atoms with Crippen molar-refractivity contribution in [2.45, 2.75) is 39.3 Å². The first-order chi connectivity index (χ1) is 12.6. The van der Waals surface area contributed by atoms with Crippen molar-refractivity contribution in [1.82, 2.24) is 5.32 Å². The Bertz CT molecular complexity index is 739. The number of amides is 1. The number of hydrogen-bond donors (Lipinski definition) is 2. The molecular weight excluding hydrogens is 328 g/mol. The Hall–Kier alpha value is -2.53. The molecule has 0 aromatic heterocycles. The number of nitrogens with one attached hydrogen (secondary N) is 2. The van der Waals surface area contributed by atoms with Gasteiger partial charge in [0.2, 0.25) is 0 Å². The lowest BCUT2D eigenvalue weighted by Crippen LogP contribution is -2.20. The first kappa shape index (κ1) is 18.3. The molecule has 1 aliphatic carbocycles. The van der Waals surface area contributed by atoms with E-state index in [0.717, 1.165) is 23.4 Å². The Balaban J connectivity index is 1.56. The average Bonchev–Trinajstić information content (AvgIpc) is 3.46. The van der Waals surface area contributed by atoms with Crippen LogP contribution in [0.25, 0.3) is 0 Å². The zero-order chi connectivity index (χ0) is 18.4.